The highest BCUT2D eigenvalue weighted by atomic mass is 35.5. The molecular weight excluding hydrogens is 223 g/mol. The summed E-state index contributed by atoms with van der Waals surface area (Å²) in [5.41, 5.74) is 0. The molecule has 3 rings (SSSR count). The summed E-state index contributed by atoms with van der Waals surface area (Å²) in [7, 11) is 0. The standard InChI is InChI=1S/C14H9Cl.FH/c15-14-7-3-6-12-11-5-2-1-4-10(11)8-9-13(12)14;/h1-9H;1H. The molecule has 16 heavy (non-hydrogen) atoms. The smallest absolute Gasteiger partial charge is 0.0484 e. The van der Waals surface area contributed by atoms with Gasteiger partial charge in [-0.25, -0.2) is 0 Å². The molecule has 0 amide bonds. The molecule has 0 bridgehead atoms. The van der Waals surface area contributed by atoms with Gasteiger partial charge in [-0.2, -0.15) is 0 Å². The highest BCUT2D eigenvalue weighted by molar-refractivity contribution is 6.36. The molecule has 0 aliphatic heterocycles. The number of hydrogen-bond acceptors (Lipinski definition) is 0. The molecule has 80 valence electrons. The molecule has 0 nitrogen and oxygen atoms in total. The Morgan fingerprint density at radius 2 is 1.38 bits per heavy atom. The van der Waals surface area contributed by atoms with E-state index in [1.165, 1.54) is 16.2 Å². The molecule has 0 aromatic heterocycles. The van der Waals surface area contributed by atoms with E-state index in [0.29, 0.717) is 0 Å². The van der Waals surface area contributed by atoms with E-state index in [0.717, 1.165) is 10.4 Å². The molecule has 0 aliphatic rings. The van der Waals surface area contributed by atoms with Gasteiger partial charge in [0, 0.05) is 10.4 Å². The van der Waals surface area contributed by atoms with Crippen molar-refractivity contribution in [2.75, 3.05) is 0 Å². The van der Waals surface area contributed by atoms with E-state index >= 15 is 0 Å². The molecule has 0 saturated heterocycles. The fourth-order valence-electron chi connectivity index (χ4n) is 2.00. The van der Waals surface area contributed by atoms with Crippen LogP contribution in [0.4, 0.5) is 4.70 Å². The summed E-state index contributed by atoms with van der Waals surface area (Å²) in [5, 5.41) is 5.68. The topological polar surface area (TPSA) is 0 Å². The van der Waals surface area contributed by atoms with Crippen LogP contribution in [0.25, 0.3) is 21.5 Å². The zero-order valence-corrected chi connectivity index (χ0v) is 9.24. The zero-order valence-electron chi connectivity index (χ0n) is 8.48. The van der Waals surface area contributed by atoms with Gasteiger partial charge < -0.3 is 0 Å². The monoisotopic (exact) mass is 232 g/mol. The second kappa shape index (κ2) is 4.11. The van der Waals surface area contributed by atoms with Gasteiger partial charge in [0.25, 0.3) is 0 Å². The quantitative estimate of drug-likeness (QED) is 0.489. The predicted molar refractivity (Wildman–Crippen MR) is 69.0 cm³/mol. The lowest BCUT2D eigenvalue weighted by Gasteiger charge is -2.04. The van der Waals surface area contributed by atoms with Crippen LogP contribution in [-0.4, -0.2) is 0 Å². The van der Waals surface area contributed by atoms with Crippen LogP contribution in [0.2, 0.25) is 5.02 Å². The molecule has 0 atom stereocenters. The molecule has 3 aromatic rings. The Morgan fingerprint density at radius 1 is 0.625 bits per heavy atom. The first-order valence-corrected chi connectivity index (χ1v) is 5.30. The number of rotatable bonds is 0. The summed E-state index contributed by atoms with van der Waals surface area (Å²) in [6.45, 7) is 0. The molecule has 0 aliphatic carbocycles. The first kappa shape index (κ1) is 10.9. The number of fused-ring (bicyclic) bond motifs is 3. The number of benzene rings is 3. The minimum Gasteiger partial charge on any atom is -0.269 e. The van der Waals surface area contributed by atoms with Crippen molar-refractivity contribution in [3.63, 3.8) is 0 Å². The van der Waals surface area contributed by atoms with Gasteiger partial charge in [-0.15, -0.1) is 0 Å². The van der Waals surface area contributed by atoms with Crippen molar-refractivity contribution in [3.8, 4) is 0 Å². The second-order valence-corrected chi connectivity index (χ2v) is 4.03. The van der Waals surface area contributed by atoms with Crippen molar-refractivity contribution in [3.05, 3.63) is 59.6 Å². The van der Waals surface area contributed by atoms with Crippen molar-refractivity contribution >= 4 is 33.1 Å². The summed E-state index contributed by atoms with van der Waals surface area (Å²) >= 11 is 6.16. The molecule has 0 fully saturated rings. The van der Waals surface area contributed by atoms with Crippen LogP contribution in [0, 0.1) is 0 Å². The Balaban J connectivity index is 0.000000963. The van der Waals surface area contributed by atoms with Crippen LogP contribution in [0.1, 0.15) is 0 Å². The molecule has 0 N–H and O–H groups in total. The maximum Gasteiger partial charge on any atom is 0.0484 e. The van der Waals surface area contributed by atoms with E-state index in [9.17, 15) is 0 Å². The van der Waals surface area contributed by atoms with Crippen LogP contribution >= 0.6 is 11.6 Å². The van der Waals surface area contributed by atoms with Crippen LogP contribution in [-0.2, 0) is 0 Å². The van der Waals surface area contributed by atoms with Crippen molar-refractivity contribution in [2.45, 2.75) is 0 Å². The zero-order chi connectivity index (χ0) is 10.3. The van der Waals surface area contributed by atoms with E-state index < -0.39 is 0 Å². The first-order valence-electron chi connectivity index (χ1n) is 4.92. The van der Waals surface area contributed by atoms with Crippen LogP contribution in [0.15, 0.2) is 54.6 Å². The lowest BCUT2D eigenvalue weighted by atomic mass is 10.0. The van der Waals surface area contributed by atoms with Crippen LogP contribution < -0.4 is 0 Å². The molecule has 0 heterocycles. The summed E-state index contributed by atoms with van der Waals surface area (Å²) < 4.78 is 0. The van der Waals surface area contributed by atoms with E-state index in [-0.39, 0.29) is 4.70 Å². The Bertz CT molecular complexity index is 646. The van der Waals surface area contributed by atoms with Gasteiger partial charge in [0.1, 0.15) is 0 Å². The maximum atomic E-state index is 6.16. The van der Waals surface area contributed by atoms with E-state index in [1.807, 2.05) is 12.1 Å². The largest absolute Gasteiger partial charge is 0.269 e. The Morgan fingerprint density at radius 3 is 2.25 bits per heavy atom. The average Bonchev–Trinajstić information content (AvgIpc) is 2.29. The molecular formula is C14H10ClF. The van der Waals surface area contributed by atoms with Gasteiger partial charge >= 0.3 is 0 Å². The molecule has 3 aromatic carbocycles. The van der Waals surface area contributed by atoms with Gasteiger partial charge in [-0.3, -0.25) is 4.70 Å². The van der Waals surface area contributed by atoms with Gasteiger partial charge in [0.15, 0.2) is 0 Å². The molecule has 0 radical (unpaired) electrons. The number of hydrogen-bond donors (Lipinski definition) is 0. The molecule has 2 heteroatoms. The third kappa shape index (κ3) is 1.54. The lowest BCUT2D eigenvalue weighted by molar-refractivity contribution is 1.11. The van der Waals surface area contributed by atoms with Gasteiger partial charge in [0.05, 0.1) is 0 Å². The van der Waals surface area contributed by atoms with Crippen molar-refractivity contribution in [1.82, 2.24) is 0 Å². The minimum atomic E-state index is 0. The van der Waals surface area contributed by atoms with Gasteiger partial charge in [-0.05, 0) is 22.2 Å². The predicted octanol–water partition coefficient (Wildman–Crippen LogP) is 4.80. The highest BCUT2D eigenvalue weighted by Gasteiger charge is 2.01. The third-order valence-corrected chi connectivity index (χ3v) is 3.06. The Kier molecular flexibility index (Phi) is 2.80. The van der Waals surface area contributed by atoms with Gasteiger partial charge in [0.2, 0.25) is 0 Å². The third-order valence-electron chi connectivity index (χ3n) is 2.73. The summed E-state index contributed by atoms with van der Waals surface area (Å²) in [6, 6.07) is 18.6. The van der Waals surface area contributed by atoms with E-state index in [1.54, 1.807) is 0 Å². The van der Waals surface area contributed by atoms with Crippen LogP contribution in [0.5, 0.6) is 0 Å². The fourth-order valence-corrected chi connectivity index (χ4v) is 2.24. The maximum absolute atomic E-state index is 6.16. The van der Waals surface area contributed by atoms with Crippen LogP contribution in [0.3, 0.4) is 0 Å². The Hall–Kier alpha value is -1.60. The van der Waals surface area contributed by atoms with Crippen molar-refractivity contribution < 1.29 is 4.70 Å². The normalized spacial score (nSPS) is 10.3. The summed E-state index contributed by atoms with van der Waals surface area (Å²) in [6.07, 6.45) is 0. The fraction of sp³-hybridized carbons (Fsp3) is 0. The van der Waals surface area contributed by atoms with Gasteiger partial charge in [-0.1, -0.05) is 60.1 Å². The Labute approximate surface area is 97.8 Å². The van der Waals surface area contributed by atoms with Crippen molar-refractivity contribution in [1.29, 1.82) is 0 Å². The van der Waals surface area contributed by atoms with Crippen molar-refractivity contribution in [2.24, 2.45) is 0 Å². The summed E-state index contributed by atoms with van der Waals surface area (Å²) in [5.74, 6) is 0. The molecule has 0 unspecified atom stereocenters. The SMILES string of the molecule is Clc1cccc2c1ccc1ccccc12.F. The second-order valence-electron chi connectivity index (χ2n) is 3.62. The van der Waals surface area contributed by atoms with E-state index in [4.69, 9.17) is 11.6 Å². The van der Waals surface area contributed by atoms with E-state index in [2.05, 4.69) is 42.5 Å². The molecule has 0 spiro atoms. The minimum absolute atomic E-state index is 0. The average molecular weight is 233 g/mol. The molecule has 0 saturated carbocycles. The summed E-state index contributed by atoms with van der Waals surface area (Å²) in [4.78, 5) is 0. The first-order chi connectivity index (χ1) is 7.36. The lowest BCUT2D eigenvalue weighted by Crippen LogP contribution is -1.77. The highest BCUT2D eigenvalue weighted by Crippen LogP contribution is 2.29. The number of halogens is 2.